The Morgan fingerprint density at radius 2 is 1.25 bits per heavy atom. The molecule has 98 valence electrons. The molecule has 0 bridgehead atoms. The van der Waals surface area contributed by atoms with Crippen molar-refractivity contribution < 1.29 is 18.9 Å². The highest BCUT2D eigenvalue weighted by Gasteiger charge is 2.39. The topological polar surface area (TPSA) is 74.6 Å². The summed E-state index contributed by atoms with van der Waals surface area (Å²) in [6, 6.07) is 0. The summed E-state index contributed by atoms with van der Waals surface area (Å²) in [6.45, 7) is 5.30. The molecule has 0 spiro atoms. The molecule has 6 heteroatoms. The van der Waals surface area contributed by atoms with Crippen molar-refractivity contribution in [3.63, 3.8) is 0 Å². The summed E-state index contributed by atoms with van der Waals surface area (Å²) in [5.41, 5.74) is 0. The summed E-state index contributed by atoms with van der Waals surface area (Å²) in [6.07, 6.45) is 3.21. The Bertz CT molecular complexity index is 263. The standard InChI is InChI=1S/C10H24O4P2/c1-4-6-8-15(11,12)10(3)16(13,14)9-7-5-2/h10H,4-9H2,1-3H3,(H,11,12)(H,13,14). The van der Waals surface area contributed by atoms with E-state index in [4.69, 9.17) is 0 Å². The van der Waals surface area contributed by atoms with E-state index in [1.54, 1.807) is 0 Å². The highest BCUT2D eigenvalue weighted by molar-refractivity contribution is 7.76. The van der Waals surface area contributed by atoms with Crippen LogP contribution < -0.4 is 0 Å². The van der Waals surface area contributed by atoms with Crippen LogP contribution in [-0.2, 0) is 9.13 Å². The van der Waals surface area contributed by atoms with Gasteiger partial charge in [-0.2, -0.15) is 0 Å². The normalized spacial score (nSPS) is 21.1. The minimum atomic E-state index is -3.47. The molecule has 2 atom stereocenters. The number of hydrogen-bond donors (Lipinski definition) is 2. The molecule has 0 aromatic rings. The van der Waals surface area contributed by atoms with Crippen LogP contribution in [0.2, 0.25) is 0 Å². The van der Waals surface area contributed by atoms with Crippen molar-refractivity contribution in [2.24, 2.45) is 0 Å². The van der Waals surface area contributed by atoms with Gasteiger partial charge in [0.1, 0.15) is 5.40 Å². The van der Waals surface area contributed by atoms with E-state index in [0.29, 0.717) is 12.8 Å². The Balaban J connectivity index is 4.56. The van der Waals surface area contributed by atoms with Gasteiger partial charge in [-0.25, -0.2) is 0 Å². The minimum absolute atomic E-state index is 0.154. The third-order valence-corrected chi connectivity index (χ3v) is 9.25. The first-order valence-corrected chi connectivity index (χ1v) is 9.73. The summed E-state index contributed by atoms with van der Waals surface area (Å²) < 4.78 is 23.8. The first kappa shape index (κ1) is 16.4. The van der Waals surface area contributed by atoms with Crippen LogP contribution in [0, 0.1) is 0 Å². The third kappa shape index (κ3) is 5.14. The van der Waals surface area contributed by atoms with Crippen molar-refractivity contribution in [3.05, 3.63) is 0 Å². The molecule has 0 aliphatic rings. The van der Waals surface area contributed by atoms with Crippen molar-refractivity contribution in [1.29, 1.82) is 0 Å². The molecular weight excluding hydrogens is 246 g/mol. The van der Waals surface area contributed by atoms with Crippen LogP contribution >= 0.6 is 14.7 Å². The molecule has 16 heavy (non-hydrogen) atoms. The summed E-state index contributed by atoms with van der Waals surface area (Å²) in [5, 5.41) is -0.974. The van der Waals surface area contributed by atoms with E-state index in [9.17, 15) is 18.9 Å². The van der Waals surface area contributed by atoms with Crippen molar-refractivity contribution in [2.45, 2.75) is 51.9 Å². The second-order valence-electron chi connectivity index (χ2n) is 4.30. The molecule has 0 radical (unpaired) electrons. The molecule has 0 heterocycles. The van der Waals surface area contributed by atoms with E-state index < -0.39 is 20.1 Å². The summed E-state index contributed by atoms with van der Waals surface area (Å²) in [4.78, 5) is 19.5. The highest BCUT2D eigenvalue weighted by atomic mass is 31.2. The average molecular weight is 270 g/mol. The molecule has 0 aliphatic heterocycles. The fourth-order valence-corrected chi connectivity index (χ4v) is 6.66. The van der Waals surface area contributed by atoms with Gasteiger partial charge in [-0.3, -0.25) is 9.13 Å². The van der Waals surface area contributed by atoms with E-state index in [-0.39, 0.29) is 12.3 Å². The van der Waals surface area contributed by atoms with Crippen molar-refractivity contribution in [2.75, 3.05) is 12.3 Å². The largest absolute Gasteiger partial charge is 0.344 e. The van der Waals surface area contributed by atoms with E-state index in [1.807, 2.05) is 13.8 Å². The number of rotatable bonds is 8. The van der Waals surface area contributed by atoms with E-state index in [1.165, 1.54) is 6.92 Å². The minimum Gasteiger partial charge on any atom is -0.344 e. The van der Waals surface area contributed by atoms with Crippen LogP contribution in [0.25, 0.3) is 0 Å². The average Bonchev–Trinajstić information content (AvgIpc) is 2.22. The molecule has 0 aromatic carbocycles. The number of hydrogen-bond acceptors (Lipinski definition) is 2. The fraction of sp³-hybridized carbons (Fsp3) is 1.00. The molecule has 4 nitrogen and oxygen atoms in total. The predicted octanol–water partition coefficient (Wildman–Crippen LogP) is 3.47. The van der Waals surface area contributed by atoms with Gasteiger partial charge in [-0.1, -0.05) is 26.7 Å². The smallest absolute Gasteiger partial charge is 0.212 e. The number of unbranched alkanes of at least 4 members (excludes halogenated alkanes) is 2. The van der Waals surface area contributed by atoms with Crippen LogP contribution in [0.1, 0.15) is 46.5 Å². The van der Waals surface area contributed by atoms with Crippen molar-refractivity contribution in [3.8, 4) is 0 Å². The van der Waals surface area contributed by atoms with Crippen molar-refractivity contribution >= 4 is 14.7 Å². The van der Waals surface area contributed by atoms with Gasteiger partial charge in [0.15, 0.2) is 0 Å². The Morgan fingerprint density at radius 3 is 1.50 bits per heavy atom. The lowest BCUT2D eigenvalue weighted by Crippen LogP contribution is -2.10. The molecule has 0 aliphatic carbocycles. The van der Waals surface area contributed by atoms with Crippen LogP contribution in [-0.4, -0.2) is 27.5 Å². The van der Waals surface area contributed by atoms with Gasteiger partial charge >= 0.3 is 0 Å². The van der Waals surface area contributed by atoms with Gasteiger partial charge in [0, 0.05) is 12.3 Å². The van der Waals surface area contributed by atoms with Crippen LogP contribution in [0.15, 0.2) is 0 Å². The lowest BCUT2D eigenvalue weighted by Gasteiger charge is -2.24. The van der Waals surface area contributed by atoms with Gasteiger partial charge in [-0.05, 0) is 19.8 Å². The Labute approximate surface area is 98.4 Å². The quantitative estimate of drug-likeness (QED) is 0.662. The van der Waals surface area contributed by atoms with Gasteiger partial charge < -0.3 is 9.79 Å². The van der Waals surface area contributed by atoms with E-state index in [2.05, 4.69) is 0 Å². The lowest BCUT2D eigenvalue weighted by molar-refractivity contribution is 0.450. The van der Waals surface area contributed by atoms with Crippen LogP contribution in [0.5, 0.6) is 0 Å². The van der Waals surface area contributed by atoms with Gasteiger partial charge in [0.2, 0.25) is 14.7 Å². The Kier molecular flexibility index (Phi) is 7.12. The maximum absolute atomic E-state index is 11.9. The summed E-state index contributed by atoms with van der Waals surface area (Å²) in [7, 11) is -6.95. The van der Waals surface area contributed by atoms with Gasteiger partial charge in [0.05, 0.1) is 0 Å². The van der Waals surface area contributed by atoms with Crippen LogP contribution in [0.3, 0.4) is 0 Å². The molecule has 0 saturated heterocycles. The monoisotopic (exact) mass is 270 g/mol. The second kappa shape index (κ2) is 6.96. The first-order chi connectivity index (χ1) is 7.28. The zero-order chi connectivity index (χ0) is 12.8. The highest BCUT2D eigenvalue weighted by Crippen LogP contribution is 2.64. The van der Waals surface area contributed by atoms with Crippen LogP contribution in [0.4, 0.5) is 0 Å². The van der Waals surface area contributed by atoms with Crippen molar-refractivity contribution in [1.82, 2.24) is 0 Å². The summed E-state index contributed by atoms with van der Waals surface area (Å²) in [5.74, 6) is 0. The molecule has 0 amide bonds. The molecule has 0 saturated carbocycles. The lowest BCUT2D eigenvalue weighted by atomic mass is 10.4. The van der Waals surface area contributed by atoms with Gasteiger partial charge in [-0.15, -0.1) is 0 Å². The van der Waals surface area contributed by atoms with E-state index in [0.717, 1.165) is 12.8 Å². The fourth-order valence-electron chi connectivity index (χ4n) is 1.42. The molecule has 2 unspecified atom stereocenters. The zero-order valence-corrected chi connectivity index (χ0v) is 12.2. The second-order valence-corrected chi connectivity index (χ2v) is 10.2. The van der Waals surface area contributed by atoms with Gasteiger partial charge in [0.25, 0.3) is 0 Å². The Morgan fingerprint density at radius 1 is 0.938 bits per heavy atom. The first-order valence-electron chi connectivity index (χ1n) is 5.91. The maximum atomic E-state index is 11.9. The third-order valence-electron chi connectivity index (χ3n) is 2.83. The Hall–Kier alpha value is 0.380. The molecule has 0 aromatic heterocycles. The molecule has 0 fully saturated rings. The maximum Gasteiger partial charge on any atom is 0.212 e. The SMILES string of the molecule is CCCCP(=O)(O)C(C)P(=O)(O)CCCC. The predicted molar refractivity (Wildman–Crippen MR) is 68.7 cm³/mol. The molecule has 2 N–H and O–H groups in total. The van der Waals surface area contributed by atoms with E-state index >= 15 is 0 Å². The molecular formula is C10H24O4P2. The zero-order valence-electron chi connectivity index (χ0n) is 10.4. The molecule has 0 rings (SSSR count). The summed E-state index contributed by atoms with van der Waals surface area (Å²) >= 11 is 0.